The maximum atomic E-state index is 10.5. The van der Waals surface area contributed by atoms with Crippen LogP contribution < -0.4 is 0 Å². The minimum atomic E-state index is -0.873. The largest absolute Gasteiger partial charge is 0.386 e. The molecule has 25 heavy (non-hydrogen) atoms. The summed E-state index contributed by atoms with van der Waals surface area (Å²) < 4.78 is 0. The Morgan fingerprint density at radius 3 is 1.20 bits per heavy atom. The number of benzene rings is 2. The molecule has 0 radical (unpaired) electrons. The first-order valence-corrected chi connectivity index (χ1v) is 8.92. The Hall–Kier alpha value is -1.64. The minimum Gasteiger partial charge on any atom is -0.386 e. The molecule has 0 heterocycles. The highest BCUT2D eigenvalue weighted by Gasteiger charge is 2.28. The van der Waals surface area contributed by atoms with E-state index in [9.17, 15) is 10.2 Å². The summed E-state index contributed by atoms with van der Waals surface area (Å²) in [5, 5.41) is 21.0. The SMILES string of the molecule is Cc1ccc(C(C)(C)c2ccc(C)c(C(C)(C)O)c2)cc1C(C)(C)O. The van der Waals surface area contributed by atoms with Crippen molar-refractivity contribution in [3.63, 3.8) is 0 Å². The quantitative estimate of drug-likeness (QED) is 0.814. The molecule has 0 amide bonds. The zero-order valence-electron chi connectivity index (χ0n) is 16.9. The van der Waals surface area contributed by atoms with Gasteiger partial charge in [0.1, 0.15) is 0 Å². The van der Waals surface area contributed by atoms with E-state index in [1.165, 1.54) is 0 Å². The third kappa shape index (κ3) is 3.96. The van der Waals surface area contributed by atoms with Crippen LogP contribution in [0.5, 0.6) is 0 Å². The van der Waals surface area contributed by atoms with Crippen LogP contribution in [0.15, 0.2) is 36.4 Å². The van der Waals surface area contributed by atoms with Gasteiger partial charge in [-0.05, 0) is 74.9 Å². The zero-order valence-corrected chi connectivity index (χ0v) is 16.9. The van der Waals surface area contributed by atoms with Crippen molar-refractivity contribution < 1.29 is 10.2 Å². The lowest BCUT2D eigenvalue weighted by molar-refractivity contribution is 0.0774. The molecule has 2 nitrogen and oxygen atoms in total. The van der Waals surface area contributed by atoms with E-state index in [0.29, 0.717) is 0 Å². The molecule has 0 saturated carbocycles. The third-order valence-corrected chi connectivity index (χ3v) is 5.24. The summed E-state index contributed by atoms with van der Waals surface area (Å²) in [4.78, 5) is 0. The van der Waals surface area contributed by atoms with Gasteiger partial charge in [-0.3, -0.25) is 0 Å². The molecular weight excluding hydrogens is 308 g/mol. The molecule has 2 aromatic carbocycles. The molecule has 0 aliphatic carbocycles. The number of aliphatic hydroxyl groups is 2. The molecule has 2 rings (SSSR count). The summed E-state index contributed by atoms with van der Waals surface area (Å²) in [6.07, 6.45) is 0. The number of hydrogen-bond donors (Lipinski definition) is 2. The van der Waals surface area contributed by atoms with E-state index >= 15 is 0 Å². The summed E-state index contributed by atoms with van der Waals surface area (Å²) in [6, 6.07) is 12.6. The van der Waals surface area contributed by atoms with Crippen molar-refractivity contribution in [2.75, 3.05) is 0 Å². The van der Waals surface area contributed by atoms with Crippen LogP contribution >= 0.6 is 0 Å². The van der Waals surface area contributed by atoms with E-state index in [1.807, 2.05) is 41.5 Å². The molecule has 0 aliphatic rings. The molecule has 2 aromatic rings. The molecule has 0 fully saturated rings. The Labute approximate surface area is 152 Å². The summed E-state index contributed by atoms with van der Waals surface area (Å²) in [6.45, 7) is 15.7. The summed E-state index contributed by atoms with van der Waals surface area (Å²) in [5.74, 6) is 0. The number of hydrogen-bond acceptors (Lipinski definition) is 2. The highest BCUT2D eigenvalue weighted by molar-refractivity contribution is 5.46. The van der Waals surface area contributed by atoms with Crippen molar-refractivity contribution in [1.29, 1.82) is 0 Å². The van der Waals surface area contributed by atoms with Crippen LogP contribution in [0.4, 0.5) is 0 Å². The van der Waals surface area contributed by atoms with E-state index < -0.39 is 11.2 Å². The van der Waals surface area contributed by atoms with Crippen molar-refractivity contribution in [3.8, 4) is 0 Å². The van der Waals surface area contributed by atoms with Crippen LogP contribution in [-0.2, 0) is 16.6 Å². The first-order valence-electron chi connectivity index (χ1n) is 8.92. The Balaban J connectivity index is 2.60. The Kier molecular flexibility index (Phi) is 4.93. The minimum absolute atomic E-state index is 0.235. The fourth-order valence-electron chi connectivity index (χ4n) is 3.51. The molecule has 0 aromatic heterocycles. The third-order valence-electron chi connectivity index (χ3n) is 5.24. The van der Waals surface area contributed by atoms with Gasteiger partial charge in [-0.15, -0.1) is 0 Å². The smallest absolute Gasteiger partial charge is 0.0843 e. The van der Waals surface area contributed by atoms with Gasteiger partial charge in [0.25, 0.3) is 0 Å². The average Bonchev–Trinajstić information content (AvgIpc) is 2.45. The number of rotatable bonds is 4. The lowest BCUT2D eigenvalue weighted by Gasteiger charge is -2.31. The van der Waals surface area contributed by atoms with Gasteiger partial charge in [0.15, 0.2) is 0 Å². The van der Waals surface area contributed by atoms with Gasteiger partial charge in [-0.1, -0.05) is 50.2 Å². The molecule has 2 heteroatoms. The zero-order chi connectivity index (χ0) is 19.2. The maximum absolute atomic E-state index is 10.5. The summed E-state index contributed by atoms with van der Waals surface area (Å²) >= 11 is 0. The number of aryl methyl sites for hydroxylation is 2. The van der Waals surface area contributed by atoms with Crippen LogP contribution in [0.1, 0.15) is 74.9 Å². The lowest BCUT2D eigenvalue weighted by Crippen LogP contribution is -2.24. The van der Waals surface area contributed by atoms with Gasteiger partial charge >= 0.3 is 0 Å². The topological polar surface area (TPSA) is 40.5 Å². The van der Waals surface area contributed by atoms with Crippen LogP contribution in [-0.4, -0.2) is 10.2 Å². The van der Waals surface area contributed by atoms with Crippen molar-refractivity contribution >= 4 is 0 Å². The van der Waals surface area contributed by atoms with Crippen LogP contribution in [0.3, 0.4) is 0 Å². The van der Waals surface area contributed by atoms with Crippen LogP contribution in [0, 0.1) is 13.8 Å². The Morgan fingerprint density at radius 2 is 0.920 bits per heavy atom. The molecule has 136 valence electrons. The predicted molar refractivity (Wildman–Crippen MR) is 105 cm³/mol. The second kappa shape index (κ2) is 6.26. The van der Waals surface area contributed by atoms with Gasteiger partial charge in [-0.2, -0.15) is 0 Å². The second-order valence-corrected chi connectivity index (χ2v) is 8.80. The molecular formula is C23H32O2. The molecule has 0 saturated heterocycles. The molecule has 2 N–H and O–H groups in total. The van der Waals surface area contributed by atoms with Crippen molar-refractivity contribution in [2.24, 2.45) is 0 Å². The predicted octanol–water partition coefficient (Wildman–Crippen LogP) is 5.08. The van der Waals surface area contributed by atoms with Gasteiger partial charge in [-0.25, -0.2) is 0 Å². The highest BCUT2D eigenvalue weighted by atomic mass is 16.3. The standard InChI is InChI=1S/C23H32O2/c1-15-9-11-17(13-19(15)22(5,6)24)21(3,4)18-12-10-16(2)20(14-18)23(7,8)25/h9-14,24-25H,1-8H3. The van der Waals surface area contributed by atoms with E-state index in [0.717, 1.165) is 33.4 Å². The van der Waals surface area contributed by atoms with Crippen molar-refractivity contribution in [1.82, 2.24) is 0 Å². The summed E-state index contributed by atoms with van der Waals surface area (Å²) in [5.41, 5.74) is 4.41. The Morgan fingerprint density at radius 1 is 0.600 bits per heavy atom. The molecule has 0 bridgehead atoms. The van der Waals surface area contributed by atoms with Gasteiger partial charge in [0.05, 0.1) is 11.2 Å². The molecule has 0 unspecified atom stereocenters. The lowest BCUT2D eigenvalue weighted by atomic mass is 9.74. The van der Waals surface area contributed by atoms with E-state index in [1.54, 1.807) is 0 Å². The van der Waals surface area contributed by atoms with Gasteiger partial charge in [0.2, 0.25) is 0 Å². The highest BCUT2D eigenvalue weighted by Crippen LogP contribution is 2.37. The normalized spacial score (nSPS) is 13.2. The van der Waals surface area contributed by atoms with Crippen molar-refractivity contribution in [2.45, 2.75) is 72.0 Å². The van der Waals surface area contributed by atoms with E-state index in [-0.39, 0.29) is 5.41 Å². The summed E-state index contributed by atoms with van der Waals surface area (Å²) in [7, 11) is 0. The maximum Gasteiger partial charge on any atom is 0.0843 e. The van der Waals surface area contributed by atoms with Crippen molar-refractivity contribution in [3.05, 3.63) is 69.8 Å². The first-order chi connectivity index (χ1) is 11.2. The van der Waals surface area contributed by atoms with Crippen LogP contribution in [0.2, 0.25) is 0 Å². The second-order valence-electron chi connectivity index (χ2n) is 8.80. The average molecular weight is 341 g/mol. The van der Waals surface area contributed by atoms with Gasteiger partial charge < -0.3 is 10.2 Å². The fourth-order valence-corrected chi connectivity index (χ4v) is 3.51. The Bertz CT molecular complexity index is 706. The van der Waals surface area contributed by atoms with E-state index in [4.69, 9.17) is 0 Å². The van der Waals surface area contributed by atoms with Gasteiger partial charge in [0, 0.05) is 5.41 Å². The molecule has 0 atom stereocenters. The molecule has 0 spiro atoms. The fraction of sp³-hybridized carbons (Fsp3) is 0.478. The van der Waals surface area contributed by atoms with E-state index in [2.05, 4.69) is 50.2 Å². The first kappa shape index (κ1) is 19.7. The monoisotopic (exact) mass is 340 g/mol. The van der Waals surface area contributed by atoms with Crippen LogP contribution in [0.25, 0.3) is 0 Å². The molecule has 0 aliphatic heterocycles.